The summed E-state index contributed by atoms with van der Waals surface area (Å²) < 4.78 is 1.97. The first-order valence-electron chi connectivity index (χ1n) is 5.72. The molecule has 0 spiro atoms. The zero-order valence-corrected chi connectivity index (χ0v) is 9.65. The number of amides is 1. The van der Waals surface area contributed by atoms with Gasteiger partial charge in [-0.3, -0.25) is 15.1 Å². The van der Waals surface area contributed by atoms with Crippen LogP contribution in [0.2, 0.25) is 0 Å². The highest BCUT2D eigenvalue weighted by Crippen LogP contribution is 1.97. The van der Waals surface area contributed by atoms with E-state index in [0.717, 1.165) is 26.2 Å². The number of guanidine groups is 1. The second-order valence-corrected chi connectivity index (χ2v) is 3.94. The minimum absolute atomic E-state index is 0.165. The van der Waals surface area contributed by atoms with E-state index in [1.165, 1.54) is 0 Å². The van der Waals surface area contributed by atoms with Crippen molar-refractivity contribution in [1.82, 2.24) is 10.6 Å². The first-order chi connectivity index (χ1) is 8.27. The van der Waals surface area contributed by atoms with Gasteiger partial charge in [0.15, 0.2) is 0 Å². The van der Waals surface area contributed by atoms with E-state index >= 15 is 0 Å². The predicted octanol–water partition coefficient (Wildman–Crippen LogP) is -0.653. The molecule has 1 aromatic rings. The average Bonchev–Trinajstić information content (AvgIpc) is 2.40. The summed E-state index contributed by atoms with van der Waals surface area (Å²) >= 11 is 0. The van der Waals surface area contributed by atoms with Gasteiger partial charge in [0.2, 0.25) is 0 Å². The molecule has 1 fully saturated rings. The molecule has 1 heterocycles. The van der Waals surface area contributed by atoms with E-state index in [2.05, 4.69) is 10.6 Å². The van der Waals surface area contributed by atoms with Crippen LogP contribution < -0.4 is 16.4 Å². The zero-order chi connectivity index (χ0) is 12.1. The van der Waals surface area contributed by atoms with Crippen LogP contribution >= 0.6 is 0 Å². The van der Waals surface area contributed by atoms with E-state index in [1.807, 2.05) is 22.8 Å². The van der Waals surface area contributed by atoms with Crippen LogP contribution in [-0.2, 0) is 0 Å². The fourth-order valence-corrected chi connectivity index (χ4v) is 1.76. The molecule has 0 atom stereocenters. The van der Waals surface area contributed by atoms with Crippen molar-refractivity contribution in [2.75, 3.05) is 26.2 Å². The lowest BCUT2D eigenvalue weighted by molar-refractivity contribution is -0.534. The maximum Gasteiger partial charge on any atom is 0.351 e. The van der Waals surface area contributed by atoms with Gasteiger partial charge in [0.1, 0.15) is 0 Å². The number of hydrogen-bond acceptors (Lipinski definition) is 2. The van der Waals surface area contributed by atoms with Gasteiger partial charge < -0.3 is 5.32 Å². The Morgan fingerprint density at radius 1 is 1.24 bits per heavy atom. The lowest BCUT2D eigenvalue weighted by atomic mass is 10.2. The summed E-state index contributed by atoms with van der Waals surface area (Å²) in [7, 11) is 0. The van der Waals surface area contributed by atoms with Crippen LogP contribution in [-0.4, -0.2) is 42.6 Å². The third-order valence-corrected chi connectivity index (χ3v) is 2.74. The molecule has 0 radical (unpaired) electrons. The largest absolute Gasteiger partial charge is 0.351 e. The fraction of sp³-hybridized carbons (Fsp3) is 0.333. The average molecular weight is 233 g/mol. The van der Waals surface area contributed by atoms with Crippen molar-refractivity contribution >= 4 is 11.9 Å². The number of nitrogens with zero attached hydrogens (tertiary/aromatic N) is 1. The molecule has 5 nitrogen and oxygen atoms in total. The van der Waals surface area contributed by atoms with E-state index in [9.17, 15) is 4.79 Å². The maximum atomic E-state index is 11.8. The molecule has 1 aliphatic heterocycles. The van der Waals surface area contributed by atoms with E-state index in [1.54, 1.807) is 12.1 Å². The monoisotopic (exact) mass is 233 g/mol. The number of piperazine rings is 1. The molecule has 17 heavy (non-hydrogen) atoms. The van der Waals surface area contributed by atoms with E-state index in [-0.39, 0.29) is 5.91 Å². The summed E-state index contributed by atoms with van der Waals surface area (Å²) in [6, 6.07) is 9.06. The van der Waals surface area contributed by atoms with Gasteiger partial charge in [-0.25, -0.2) is 5.32 Å². The Labute approximate surface area is 100 Å². The molecule has 2 rings (SSSR count). The first-order valence-corrected chi connectivity index (χ1v) is 5.72. The molecule has 0 saturated carbocycles. The minimum Gasteiger partial charge on any atom is -0.310 e. The van der Waals surface area contributed by atoms with Crippen LogP contribution in [0.1, 0.15) is 10.4 Å². The van der Waals surface area contributed by atoms with E-state index in [0.29, 0.717) is 11.5 Å². The molecule has 0 unspecified atom stereocenters. The quantitative estimate of drug-likeness (QED) is 0.446. The third-order valence-electron chi connectivity index (χ3n) is 2.74. The van der Waals surface area contributed by atoms with Gasteiger partial charge in [0.05, 0.1) is 18.7 Å². The van der Waals surface area contributed by atoms with Crippen molar-refractivity contribution in [2.45, 2.75) is 0 Å². The molecule has 5 heteroatoms. The Morgan fingerprint density at radius 2 is 1.88 bits per heavy atom. The Hall–Kier alpha value is -1.88. The van der Waals surface area contributed by atoms with Gasteiger partial charge in [-0.1, -0.05) is 18.2 Å². The Balaban J connectivity index is 2.03. The normalized spacial score (nSPS) is 15.4. The summed E-state index contributed by atoms with van der Waals surface area (Å²) in [4.78, 5) is 11.8. The van der Waals surface area contributed by atoms with Crippen LogP contribution in [0.25, 0.3) is 0 Å². The molecular weight excluding hydrogens is 216 g/mol. The van der Waals surface area contributed by atoms with Gasteiger partial charge in [-0.2, -0.15) is 0 Å². The van der Waals surface area contributed by atoms with Crippen molar-refractivity contribution in [2.24, 2.45) is 5.73 Å². The van der Waals surface area contributed by atoms with Crippen molar-refractivity contribution < 1.29 is 9.37 Å². The Kier molecular flexibility index (Phi) is 3.72. The molecule has 1 aliphatic rings. The van der Waals surface area contributed by atoms with E-state index < -0.39 is 0 Å². The Morgan fingerprint density at radius 3 is 2.53 bits per heavy atom. The van der Waals surface area contributed by atoms with Gasteiger partial charge in [-0.15, -0.1) is 0 Å². The predicted molar refractivity (Wildman–Crippen MR) is 66.0 cm³/mol. The van der Waals surface area contributed by atoms with Crippen molar-refractivity contribution in [3.05, 3.63) is 35.9 Å². The SMILES string of the molecule is NC(NC(=O)c1ccccc1)=[N+]1CCNCC1. The van der Waals surface area contributed by atoms with Gasteiger partial charge in [0.25, 0.3) is 0 Å². The molecule has 0 aromatic heterocycles. The first kappa shape index (κ1) is 11.6. The van der Waals surface area contributed by atoms with Crippen LogP contribution in [0.4, 0.5) is 0 Å². The number of carbonyl (C=O) groups is 1. The van der Waals surface area contributed by atoms with Crippen LogP contribution in [0.5, 0.6) is 0 Å². The lowest BCUT2D eigenvalue weighted by Gasteiger charge is -2.16. The summed E-state index contributed by atoms with van der Waals surface area (Å²) in [5.41, 5.74) is 6.49. The van der Waals surface area contributed by atoms with Crippen molar-refractivity contribution in [3.63, 3.8) is 0 Å². The number of nitrogens with two attached hydrogens (primary N) is 1. The van der Waals surface area contributed by atoms with Crippen LogP contribution in [0.15, 0.2) is 30.3 Å². The number of hydrogen-bond donors (Lipinski definition) is 3. The molecule has 90 valence electrons. The standard InChI is InChI=1S/C12H16N4O/c13-12(16-8-6-14-7-9-16)15-11(17)10-4-2-1-3-5-10/h1-5,14H,6-9H2,(H2,13,15,17)/p+1. The third kappa shape index (κ3) is 3.04. The second-order valence-electron chi connectivity index (χ2n) is 3.94. The summed E-state index contributed by atoms with van der Waals surface area (Å²) in [5, 5.41) is 5.95. The molecular formula is C12H17N4O+. The molecule has 1 saturated heterocycles. The van der Waals surface area contributed by atoms with E-state index in [4.69, 9.17) is 5.73 Å². The fourth-order valence-electron chi connectivity index (χ4n) is 1.76. The van der Waals surface area contributed by atoms with Crippen molar-refractivity contribution in [3.8, 4) is 0 Å². The van der Waals surface area contributed by atoms with Gasteiger partial charge in [-0.05, 0) is 12.1 Å². The molecule has 0 aliphatic carbocycles. The molecule has 1 aromatic carbocycles. The highest BCUT2D eigenvalue weighted by molar-refractivity contribution is 6.03. The number of nitrogens with one attached hydrogen (secondary N) is 2. The summed E-state index contributed by atoms with van der Waals surface area (Å²) in [6.07, 6.45) is 0. The Bertz CT molecular complexity index is 419. The number of benzene rings is 1. The van der Waals surface area contributed by atoms with Gasteiger partial charge >= 0.3 is 11.9 Å². The number of rotatable bonds is 1. The molecule has 1 amide bonds. The van der Waals surface area contributed by atoms with Gasteiger partial charge in [0, 0.05) is 13.1 Å². The van der Waals surface area contributed by atoms with Crippen LogP contribution in [0.3, 0.4) is 0 Å². The number of carbonyl (C=O) groups excluding carboxylic acids is 1. The molecule has 0 bridgehead atoms. The second kappa shape index (κ2) is 5.45. The highest BCUT2D eigenvalue weighted by Gasteiger charge is 2.16. The highest BCUT2D eigenvalue weighted by atomic mass is 16.1. The van der Waals surface area contributed by atoms with Crippen molar-refractivity contribution in [1.29, 1.82) is 0 Å². The minimum atomic E-state index is -0.165. The lowest BCUT2D eigenvalue weighted by Crippen LogP contribution is -2.49. The zero-order valence-electron chi connectivity index (χ0n) is 9.65. The van der Waals surface area contributed by atoms with Crippen LogP contribution in [0, 0.1) is 0 Å². The molecule has 4 N–H and O–H groups in total. The topological polar surface area (TPSA) is 70.2 Å². The maximum absolute atomic E-state index is 11.8. The smallest absolute Gasteiger partial charge is 0.310 e. The summed E-state index contributed by atoms with van der Waals surface area (Å²) in [6.45, 7) is 3.42. The summed E-state index contributed by atoms with van der Waals surface area (Å²) in [5.74, 6) is 0.266.